The molecule has 0 fully saturated rings. The standard InChI is InChI=1S/C23H29N3O3S.ClH/c1-6-25(7-2)14-15-26(22(27)17-10-8-16(3)9-11-17)23-24-20-18(28-4)12-13-19(29-5)21(20)30-23;/h8-13H,6-7,14-15H2,1-5H3;1H. The highest BCUT2D eigenvalue weighted by Gasteiger charge is 2.24. The van der Waals surface area contributed by atoms with Gasteiger partial charge in [0.15, 0.2) is 5.13 Å². The number of aryl methyl sites for hydroxylation is 1. The number of aromatic nitrogens is 1. The molecule has 0 saturated carbocycles. The molecule has 2 aromatic carbocycles. The van der Waals surface area contributed by atoms with Crippen molar-refractivity contribution < 1.29 is 14.3 Å². The second-order valence-electron chi connectivity index (χ2n) is 6.99. The molecular formula is C23H30ClN3O3S. The molecule has 3 aromatic rings. The van der Waals surface area contributed by atoms with Crippen molar-refractivity contribution >= 4 is 45.0 Å². The van der Waals surface area contributed by atoms with Crippen LogP contribution in [0.5, 0.6) is 11.5 Å². The van der Waals surface area contributed by atoms with E-state index in [1.54, 1.807) is 19.1 Å². The second-order valence-corrected chi connectivity index (χ2v) is 7.97. The summed E-state index contributed by atoms with van der Waals surface area (Å²) < 4.78 is 11.9. The van der Waals surface area contributed by atoms with Crippen molar-refractivity contribution in [3.63, 3.8) is 0 Å². The van der Waals surface area contributed by atoms with Gasteiger partial charge in [-0.15, -0.1) is 12.4 Å². The Morgan fingerprint density at radius 1 is 0.968 bits per heavy atom. The molecule has 1 heterocycles. The van der Waals surface area contributed by atoms with Gasteiger partial charge >= 0.3 is 0 Å². The van der Waals surface area contributed by atoms with Crippen LogP contribution in [0.4, 0.5) is 5.13 Å². The van der Waals surface area contributed by atoms with E-state index < -0.39 is 0 Å². The van der Waals surface area contributed by atoms with Crippen LogP contribution < -0.4 is 14.4 Å². The number of nitrogens with zero attached hydrogens (tertiary/aromatic N) is 3. The van der Waals surface area contributed by atoms with Gasteiger partial charge in [0.2, 0.25) is 0 Å². The predicted octanol–water partition coefficient (Wildman–Crippen LogP) is 5.03. The average molecular weight is 464 g/mol. The lowest BCUT2D eigenvalue weighted by Crippen LogP contribution is -2.38. The first kappa shape index (κ1) is 24.9. The molecule has 0 aliphatic rings. The van der Waals surface area contributed by atoms with Gasteiger partial charge in [0.05, 0.1) is 14.2 Å². The number of likely N-dealkylation sites (N-methyl/N-ethyl adjacent to an activating group) is 1. The van der Waals surface area contributed by atoms with Crippen LogP contribution in [0.3, 0.4) is 0 Å². The maximum Gasteiger partial charge on any atom is 0.260 e. The summed E-state index contributed by atoms with van der Waals surface area (Å²) in [5.41, 5.74) is 2.48. The van der Waals surface area contributed by atoms with Crippen LogP contribution in [-0.2, 0) is 0 Å². The smallest absolute Gasteiger partial charge is 0.260 e. The molecule has 6 nitrogen and oxygen atoms in total. The third-order valence-electron chi connectivity index (χ3n) is 5.21. The molecule has 168 valence electrons. The maximum absolute atomic E-state index is 13.4. The van der Waals surface area contributed by atoms with E-state index in [0.29, 0.717) is 28.5 Å². The number of rotatable bonds is 9. The van der Waals surface area contributed by atoms with E-state index >= 15 is 0 Å². The molecule has 1 aromatic heterocycles. The molecule has 31 heavy (non-hydrogen) atoms. The summed E-state index contributed by atoms with van der Waals surface area (Å²) in [5.74, 6) is 1.33. The lowest BCUT2D eigenvalue weighted by Gasteiger charge is -2.24. The minimum absolute atomic E-state index is 0. The zero-order valence-corrected chi connectivity index (χ0v) is 20.3. The quantitative estimate of drug-likeness (QED) is 0.445. The topological polar surface area (TPSA) is 54.9 Å². The van der Waals surface area contributed by atoms with Gasteiger partial charge in [0, 0.05) is 18.7 Å². The Balaban J connectivity index is 0.00000341. The van der Waals surface area contributed by atoms with Crippen molar-refractivity contribution in [3.05, 3.63) is 47.5 Å². The second kappa shape index (κ2) is 11.3. The number of carbonyl (C=O) groups is 1. The van der Waals surface area contributed by atoms with Crippen molar-refractivity contribution in [2.75, 3.05) is 45.3 Å². The maximum atomic E-state index is 13.4. The van der Waals surface area contributed by atoms with Gasteiger partial charge in [-0.05, 0) is 44.3 Å². The zero-order valence-electron chi connectivity index (χ0n) is 18.7. The number of benzene rings is 2. The monoisotopic (exact) mass is 463 g/mol. The number of thiazole rings is 1. The van der Waals surface area contributed by atoms with Crippen LogP contribution in [0, 0.1) is 6.92 Å². The average Bonchev–Trinajstić information content (AvgIpc) is 3.21. The van der Waals surface area contributed by atoms with Crippen LogP contribution in [0.15, 0.2) is 36.4 Å². The molecule has 1 amide bonds. The van der Waals surface area contributed by atoms with Crippen LogP contribution in [0.2, 0.25) is 0 Å². The normalized spacial score (nSPS) is 10.8. The fourth-order valence-electron chi connectivity index (χ4n) is 3.31. The first-order chi connectivity index (χ1) is 14.5. The van der Waals surface area contributed by atoms with Gasteiger partial charge in [-0.1, -0.05) is 42.9 Å². The Hall–Kier alpha value is -2.35. The summed E-state index contributed by atoms with van der Waals surface area (Å²) in [4.78, 5) is 22.3. The summed E-state index contributed by atoms with van der Waals surface area (Å²) in [6, 6.07) is 11.4. The SMILES string of the molecule is CCN(CC)CCN(C(=O)c1ccc(C)cc1)c1nc2c(OC)ccc(OC)c2s1.Cl. The minimum atomic E-state index is -0.0563. The van der Waals surface area contributed by atoms with E-state index in [2.05, 4.69) is 18.7 Å². The highest BCUT2D eigenvalue weighted by molar-refractivity contribution is 7.22. The van der Waals surface area contributed by atoms with E-state index in [1.165, 1.54) is 11.3 Å². The Bertz CT molecular complexity index is 962. The van der Waals surface area contributed by atoms with E-state index in [1.807, 2.05) is 43.3 Å². The number of ether oxygens (including phenoxy) is 2. The molecule has 0 bridgehead atoms. The largest absolute Gasteiger partial charge is 0.495 e. The zero-order chi connectivity index (χ0) is 21.7. The van der Waals surface area contributed by atoms with E-state index in [0.717, 1.165) is 35.6 Å². The molecular weight excluding hydrogens is 434 g/mol. The molecule has 3 rings (SSSR count). The molecule has 0 aliphatic heterocycles. The Kier molecular flexibility index (Phi) is 9.10. The van der Waals surface area contributed by atoms with Gasteiger partial charge in [-0.2, -0.15) is 0 Å². The van der Waals surface area contributed by atoms with Gasteiger partial charge in [-0.25, -0.2) is 4.98 Å². The third kappa shape index (κ3) is 5.47. The van der Waals surface area contributed by atoms with Gasteiger partial charge in [-0.3, -0.25) is 9.69 Å². The summed E-state index contributed by atoms with van der Waals surface area (Å²) in [5, 5.41) is 0.644. The molecule has 0 aliphatic carbocycles. The Morgan fingerprint density at radius 2 is 1.58 bits per heavy atom. The van der Waals surface area contributed by atoms with Crippen LogP contribution >= 0.6 is 23.7 Å². The number of carbonyl (C=O) groups excluding carboxylic acids is 1. The summed E-state index contributed by atoms with van der Waals surface area (Å²) in [6.45, 7) is 9.47. The fourth-order valence-corrected chi connectivity index (χ4v) is 4.41. The lowest BCUT2D eigenvalue weighted by molar-refractivity contribution is 0.0984. The van der Waals surface area contributed by atoms with E-state index in [4.69, 9.17) is 14.5 Å². The number of hydrogen-bond donors (Lipinski definition) is 0. The van der Waals surface area contributed by atoms with Gasteiger partial charge < -0.3 is 14.4 Å². The van der Waals surface area contributed by atoms with Crippen molar-refractivity contribution in [1.82, 2.24) is 9.88 Å². The van der Waals surface area contributed by atoms with Crippen molar-refractivity contribution in [2.45, 2.75) is 20.8 Å². The van der Waals surface area contributed by atoms with Crippen LogP contribution in [-0.4, -0.2) is 56.2 Å². The highest BCUT2D eigenvalue weighted by atomic mass is 35.5. The van der Waals surface area contributed by atoms with E-state index in [9.17, 15) is 4.79 Å². The van der Waals surface area contributed by atoms with Crippen molar-refractivity contribution in [3.8, 4) is 11.5 Å². The first-order valence-corrected chi connectivity index (χ1v) is 11.0. The number of amides is 1. The third-order valence-corrected chi connectivity index (χ3v) is 6.30. The number of methoxy groups -OCH3 is 2. The summed E-state index contributed by atoms with van der Waals surface area (Å²) >= 11 is 1.45. The molecule has 0 N–H and O–H groups in total. The van der Waals surface area contributed by atoms with Crippen LogP contribution in [0.1, 0.15) is 29.8 Å². The summed E-state index contributed by atoms with van der Waals surface area (Å²) in [6.07, 6.45) is 0. The Morgan fingerprint density at radius 3 is 2.16 bits per heavy atom. The van der Waals surface area contributed by atoms with Gasteiger partial charge in [0.1, 0.15) is 21.7 Å². The number of anilines is 1. The minimum Gasteiger partial charge on any atom is -0.495 e. The molecule has 0 unspecified atom stereocenters. The number of hydrogen-bond acceptors (Lipinski definition) is 6. The predicted molar refractivity (Wildman–Crippen MR) is 131 cm³/mol. The van der Waals surface area contributed by atoms with E-state index in [-0.39, 0.29) is 18.3 Å². The van der Waals surface area contributed by atoms with Crippen molar-refractivity contribution in [2.24, 2.45) is 0 Å². The molecule has 0 atom stereocenters. The highest BCUT2D eigenvalue weighted by Crippen LogP contribution is 2.40. The summed E-state index contributed by atoms with van der Waals surface area (Å²) in [7, 11) is 3.26. The molecule has 8 heteroatoms. The molecule has 0 spiro atoms. The van der Waals surface area contributed by atoms with Gasteiger partial charge in [0.25, 0.3) is 5.91 Å². The fraction of sp³-hybridized carbons (Fsp3) is 0.391. The number of fused-ring (bicyclic) bond motifs is 1. The Labute approximate surface area is 194 Å². The lowest BCUT2D eigenvalue weighted by atomic mass is 10.1. The molecule has 0 saturated heterocycles. The van der Waals surface area contributed by atoms with Crippen LogP contribution in [0.25, 0.3) is 10.2 Å². The van der Waals surface area contributed by atoms with Crippen molar-refractivity contribution in [1.29, 1.82) is 0 Å². The number of halogens is 1. The molecule has 0 radical (unpaired) electrons. The first-order valence-electron chi connectivity index (χ1n) is 10.1.